The molecular formula is C15H14ClNO4. The molecule has 2 aromatic carbocycles. The molecule has 110 valence electrons. The molecule has 0 aliphatic rings. The van der Waals surface area contributed by atoms with Crippen molar-refractivity contribution in [3.05, 3.63) is 62.7 Å². The van der Waals surface area contributed by atoms with Crippen molar-refractivity contribution < 1.29 is 14.4 Å². The monoisotopic (exact) mass is 307 g/mol. The van der Waals surface area contributed by atoms with Crippen LogP contribution in [-0.4, -0.2) is 12.0 Å². The summed E-state index contributed by atoms with van der Waals surface area (Å²) in [6.45, 7) is 2.27. The molecule has 0 saturated heterocycles. The van der Waals surface area contributed by atoms with Crippen LogP contribution in [0.2, 0.25) is 5.02 Å². The Hall–Kier alpha value is -2.27. The maximum atomic E-state index is 10.7. The largest absolute Gasteiger partial charge is 0.496 e. The molecule has 0 saturated carbocycles. The molecule has 5 nitrogen and oxygen atoms in total. The molecule has 21 heavy (non-hydrogen) atoms. The maximum Gasteiger partial charge on any atom is 0.288 e. The van der Waals surface area contributed by atoms with Crippen molar-refractivity contribution in [3.63, 3.8) is 0 Å². The van der Waals surface area contributed by atoms with Gasteiger partial charge >= 0.3 is 0 Å². The number of hydrogen-bond acceptors (Lipinski definition) is 4. The summed E-state index contributed by atoms with van der Waals surface area (Å²) in [5.74, 6) is 1.20. The number of hydrogen-bond donors (Lipinski definition) is 0. The van der Waals surface area contributed by atoms with Crippen LogP contribution < -0.4 is 9.47 Å². The van der Waals surface area contributed by atoms with Gasteiger partial charge < -0.3 is 9.47 Å². The summed E-state index contributed by atoms with van der Waals surface area (Å²) in [5.41, 5.74) is 1.85. The molecule has 0 aromatic heterocycles. The molecule has 0 aliphatic carbocycles. The van der Waals surface area contributed by atoms with Gasteiger partial charge in [-0.15, -0.1) is 0 Å². The van der Waals surface area contributed by atoms with E-state index in [4.69, 9.17) is 21.1 Å². The zero-order valence-corrected chi connectivity index (χ0v) is 12.4. The Kier molecular flexibility index (Phi) is 4.65. The van der Waals surface area contributed by atoms with Crippen LogP contribution in [0.1, 0.15) is 11.1 Å². The highest BCUT2D eigenvalue weighted by Crippen LogP contribution is 2.29. The predicted molar refractivity (Wildman–Crippen MR) is 80.2 cm³/mol. The molecule has 6 heteroatoms. The normalized spacial score (nSPS) is 10.2. The first-order valence-corrected chi connectivity index (χ1v) is 6.59. The Bertz CT molecular complexity index is 673. The molecule has 2 aromatic rings. The number of nitrogens with zero attached hydrogens (tertiary/aromatic N) is 1. The van der Waals surface area contributed by atoms with Crippen LogP contribution in [0, 0.1) is 17.0 Å². The van der Waals surface area contributed by atoms with E-state index in [1.54, 1.807) is 7.11 Å². The molecule has 0 bridgehead atoms. The van der Waals surface area contributed by atoms with Gasteiger partial charge in [0.2, 0.25) is 0 Å². The van der Waals surface area contributed by atoms with Gasteiger partial charge in [-0.3, -0.25) is 10.1 Å². The summed E-state index contributed by atoms with van der Waals surface area (Å²) in [4.78, 5) is 10.2. The molecule has 0 heterocycles. The van der Waals surface area contributed by atoms with E-state index in [1.165, 1.54) is 18.2 Å². The summed E-state index contributed by atoms with van der Waals surface area (Å²) in [6.07, 6.45) is 0. The smallest absolute Gasteiger partial charge is 0.288 e. The minimum absolute atomic E-state index is 0.0497. The number of aryl methyl sites for hydroxylation is 1. The van der Waals surface area contributed by atoms with E-state index < -0.39 is 4.92 Å². The van der Waals surface area contributed by atoms with Crippen LogP contribution in [0.5, 0.6) is 11.5 Å². The highest BCUT2D eigenvalue weighted by atomic mass is 35.5. The van der Waals surface area contributed by atoms with E-state index in [0.29, 0.717) is 12.4 Å². The average Bonchev–Trinajstić information content (AvgIpc) is 2.45. The number of ether oxygens (including phenoxy) is 2. The summed E-state index contributed by atoms with van der Waals surface area (Å²) in [6, 6.07) is 10.1. The minimum Gasteiger partial charge on any atom is -0.496 e. The van der Waals surface area contributed by atoms with Gasteiger partial charge in [0.05, 0.1) is 12.0 Å². The van der Waals surface area contributed by atoms with E-state index in [-0.39, 0.29) is 10.7 Å². The lowest BCUT2D eigenvalue weighted by Crippen LogP contribution is -1.99. The van der Waals surface area contributed by atoms with Crippen LogP contribution in [0.4, 0.5) is 5.69 Å². The predicted octanol–water partition coefficient (Wildman–Crippen LogP) is 4.14. The number of nitro benzene ring substituents is 1. The summed E-state index contributed by atoms with van der Waals surface area (Å²) in [7, 11) is 1.59. The molecule has 0 N–H and O–H groups in total. The Morgan fingerprint density at radius 3 is 2.62 bits per heavy atom. The van der Waals surface area contributed by atoms with Crippen LogP contribution in [0.15, 0.2) is 36.4 Å². The second kappa shape index (κ2) is 6.45. The third-order valence-corrected chi connectivity index (χ3v) is 3.25. The third-order valence-electron chi connectivity index (χ3n) is 2.95. The Balaban J connectivity index is 2.15. The highest BCUT2D eigenvalue weighted by molar-refractivity contribution is 6.32. The fourth-order valence-electron chi connectivity index (χ4n) is 1.91. The SMILES string of the molecule is COc1ccc(C)cc1COc1ccc([N+](=O)[O-])c(Cl)c1. The van der Waals surface area contributed by atoms with E-state index in [9.17, 15) is 10.1 Å². The molecule has 0 amide bonds. The first kappa shape index (κ1) is 15.1. The molecule has 0 spiro atoms. The first-order valence-electron chi connectivity index (χ1n) is 6.21. The van der Waals surface area contributed by atoms with Crippen molar-refractivity contribution in [1.29, 1.82) is 0 Å². The van der Waals surface area contributed by atoms with Crippen molar-refractivity contribution in [2.45, 2.75) is 13.5 Å². The van der Waals surface area contributed by atoms with Crippen LogP contribution >= 0.6 is 11.6 Å². The lowest BCUT2D eigenvalue weighted by atomic mass is 10.1. The fourth-order valence-corrected chi connectivity index (χ4v) is 2.15. The van der Waals surface area contributed by atoms with Crippen LogP contribution in [-0.2, 0) is 6.61 Å². The quantitative estimate of drug-likeness (QED) is 0.615. The Morgan fingerprint density at radius 1 is 1.24 bits per heavy atom. The molecule has 0 fully saturated rings. The van der Waals surface area contributed by atoms with E-state index in [2.05, 4.69) is 0 Å². The van der Waals surface area contributed by atoms with Crippen molar-refractivity contribution in [2.75, 3.05) is 7.11 Å². The Morgan fingerprint density at radius 2 is 2.00 bits per heavy atom. The molecular weight excluding hydrogens is 294 g/mol. The van der Waals surface area contributed by atoms with Gasteiger partial charge in [0.1, 0.15) is 23.1 Å². The van der Waals surface area contributed by atoms with Crippen LogP contribution in [0.3, 0.4) is 0 Å². The van der Waals surface area contributed by atoms with Gasteiger partial charge in [0.25, 0.3) is 5.69 Å². The van der Waals surface area contributed by atoms with Gasteiger partial charge in [-0.2, -0.15) is 0 Å². The number of rotatable bonds is 5. The molecule has 0 aliphatic heterocycles. The summed E-state index contributed by atoms with van der Waals surface area (Å²) in [5, 5.41) is 10.7. The van der Waals surface area contributed by atoms with Crippen molar-refractivity contribution in [2.24, 2.45) is 0 Å². The number of methoxy groups -OCH3 is 1. The van der Waals surface area contributed by atoms with Gasteiger partial charge in [0, 0.05) is 17.7 Å². The summed E-state index contributed by atoms with van der Waals surface area (Å²) < 4.78 is 10.9. The van der Waals surface area contributed by atoms with E-state index >= 15 is 0 Å². The number of nitro groups is 1. The standard InChI is InChI=1S/C15H14ClNO4/c1-10-3-6-15(20-2)11(7-10)9-21-12-4-5-14(17(18)19)13(16)8-12/h3-8H,9H2,1-2H3. The minimum atomic E-state index is -0.532. The first-order chi connectivity index (χ1) is 10.0. The molecule has 2 rings (SSSR count). The second-order valence-electron chi connectivity index (χ2n) is 4.47. The highest BCUT2D eigenvalue weighted by Gasteiger charge is 2.13. The average molecular weight is 308 g/mol. The van der Waals surface area contributed by atoms with Crippen molar-refractivity contribution in [3.8, 4) is 11.5 Å². The maximum absolute atomic E-state index is 10.7. The topological polar surface area (TPSA) is 61.6 Å². The number of halogens is 1. The lowest BCUT2D eigenvalue weighted by molar-refractivity contribution is -0.384. The summed E-state index contributed by atoms with van der Waals surface area (Å²) >= 11 is 5.84. The lowest BCUT2D eigenvalue weighted by Gasteiger charge is -2.11. The van der Waals surface area contributed by atoms with Crippen molar-refractivity contribution >= 4 is 17.3 Å². The Labute approximate surface area is 127 Å². The second-order valence-corrected chi connectivity index (χ2v) is 4.88. The zero-order chi connectivity index (χ0) is 15.4. The molecule has 0 unspecified atom stereocenters. The van der Waals surface area contributed by atoms with Crippen LogP contribution in [0.25, 0.3) is 0 Å². The zero-order valence-electron chi connectivity index (χ0n) is 11.6. The van der Waals surface area contributed by atoms with Crippen molar-refractivity contribution in [1.82, 2.24) is 0 Å². The van der Waals surface area contributed by atoms with E-state index in [0.717, 1.165) is 16.9 Å². The van der Waals surface area contributed by atoms with Gasteiger partial charge in [-0.25, -0.2) is 0 Å². The van der Waals surface area contributed by atoms with E-state index in [1.807, 2.05) is 25.1 Å². The molecule has 0 atom stereocenters. The third kappa shape index (κ3) is 3.64. The van der Waals surface area contributed by atoms with Gasteiger partial charge in [-0.05, 0) is 25.1 Å². The molecule has 0 radical (unpaired) electrons. The fraction of sp³-hybridized carbons (Fsp3) is 0.200. The number of benzene rings is 2. The van der Waals surface area contributed by atoms with Gasteiger partial charge in [0.15, 0.2) is 0 Å². The van der Waals surface area contributed by atoms with Gasteiger partial charge in [-0.1, -0.05) is 23.2 Å².